The number of fused-ring (bicyclic) bond motifs is 4. The molecular weight excluding hydrogens is 559 g/mol. The summed E-state index contributed by atoms with van der Waals surface area (Å²) in [6.07, 6.45) is 0. The van der Waals surface area contributed by atoms with Gasteiger partial charge in [-0.25, -0.2) is 19.2 Å². The number of ether oxygens (including phenoxy) is 4. The Morgan fingerprint density at radius 2 is 1.31 bits per heavy atom. The van der Waals surface area contributed by atoms with Crippen molar-refractivity contribution in [3.05, 3.63) is 35.5 Å². The molecule has 35 heavy (non-hydrogen) atoms. The average molecular weight is 576 g/mol. The molecule has 2 aromatic rings. The Labute approximate surface area is 218 Å². The van der Waals surface area contributed by atoms with Crippen molar-refractivity contribution in [1.29, 1.82) is 0 Å². The van der Waals surface area contributed by atoms with Crippen LogP contribution in [0.3, 0.4) is 0 Å². The molecule has 2 aromatic heterocycles. The molecule has 0 N–H and O–H groups in total. The van der Waals surface area contributed by atoms with Gasteiger partial charge >= 0.3 is 23.9 Å². The van der Waals surface area contributed by atoms with E-state index in [1.165, 1.54) is 17.5 Å². The third-order valence-corrected chi connectivity index (χ3v) is 11.8. The van der Waals surface area contributed by atoms with Gasteiger partial charge < -0.3 is 23.5 Å². The molecule has 2 aliphatic rings. The fourth-order valence-electron chi connectivity index (χ4n) is 3.75. The van der Waals surface area contributed by atoms with Crippen LogP contribution in [0.15, 0.2) is 30.0 Å². The molecule has 0 bridgehead atoms. The maximum atomic E-state index is 13.2. The van der Waals surface area contributed by atoms with Crippen LogP contribution in [-0.4, -0.2) is 56.9 Å². The van der Waals surface area contributed by atoms with Crippen LogP contribution in [0.25, 0.3) is 10.2 Å². The minimum Gasteiger partial charge on any atom is -0.466 e. The van der Waals surface area contributed by atoms with Crippen LogP contribution in [0.5, 0.6) is 0 Å². The first-order valence-electron chi connectivity index (χ1n) is 9.74. The van der Waals surface area contributed by atoms with Crippen molar-refractivity contribution >= 4 is 90.1 Å². The summed E-state index contributed by atoms with van der Waals surface area (Å²) in [5.74, 6) is -3.28. The van der Waals surface area contributed by atoms with Gasteiger partial charge in [-0.3, -0.25) is 4.79 Å². The third-order valence-electron chi connectivity index (χ3n) is 5.16. The molecule has 0 aliphatic carbocycles. The smallest absolute Gasteiger partial charge is 0.345 e. The summed E-state index contributed by atoms with van der Waals surface area (Å²) in [5.41, 5.74) is 0.789. The lowest BCUT2D eigenvalue weighted by molar-refractivity contribution is -0.139. The molecule has 0 aromatic carbocycles. The normalized spacial score (nSPS) is 16.5. The van der Waals surface area contributed by atoms with E-state index >= 15 is 0 Å². The molecule has 2 aliphatic heterocycles. The lowest BCUT2D eigenvalue weighted by Gasteiger charge is -2.35. The van der Waals surface area contributed by atoms with Crippen LogP contribution >= 0.6 is 56.0 Å². The Bertz CT molecular complexity index is 1380. The summed E-state index contributed by atoms with van der Waals surface area (Å²) in [6.45, 7) is 2.18. The number of hydrogen-bond donors (Lipinski definition) is 0. The van der Waals surface area contributed by atoms with E-state index in [2.05, 4.69) is 0 Å². The number of carbonyl (C=O) groups excluding carboxylic acids is 4. The van der Waals surface area contributed by atoms with Gasteiger partial charge in [-0.1, -0.05) is 45.6 Å². The summed E-state index contributed by atoms with van der Waals surface area (Å²) < 4.78 is 20.5. The Hall–Kier alpha value is -2.20. The van der Waals surface area contributed by atoms with E-state index in [1.54, 1.807) is 4.57 Å². The second-order valence-electron chi connectivity index (χ2n) is 6.81. The minimum absolute atomic E-state index is 0.0665. The Kier molecular flexibility index (Phi) is 7.16. The zero-order chi connectivity index (χ0) is 25.7. The van der Waals surface area contributed by atoms with Crippen LogP contribution in [0.2, 0.25) is 0 Å². The highest BCUT2D eigenvalue weighted by atomic mass is 32.9. The molecule has 186 valence electrons. The highest BCUT2D eigenvalue weighted by molar-refractivity contribution is 8.25. The van der Waals surface area contributed by atoms with Gasteiger partial charge in [0.15, 0.2) is 0 Å². The van der Waals surface area contributed by atoms with Crippen molar-refractivity contribution < 1.29 is 38.1 Å². The zero-order valence-electron chi connectivity index (χ0n) is 18.9. The first-order valence-corrected chi connectivity index (χ1v) is 14.3. The first kappa shape index (κ1) is 25.9. The van der Waals surface area contributed by atoms with Gasteiger partial charge in [0.25, 0.3) is 4.74 Å². The summed E-state index contributed by atoms with van der Waals surface area (Å²) >= 11 is 2.74. The van der Waals surface area contributed by atoms with Crippen LogP contribution in [0.4, 0.5) is 0 Å². The van der Waals surface area contributed by atoms with E-state index in [0.29, 0.717) is 27.4 Å². The second-order valence-corrected chi connectivity index (χ2v) is 12.6. The molecule has 0 saturated heterocycles. The average Bonchev–Trinajstić information content (AvgIpc) is 3.54. The maximum Gasteiger partial charge on any atom is 0.345 e. The molecule has 4 heterocycles. The molecule has 0 unspecified atom stereocenters. The van der Waals surface area contributed by atoms with Crippen molar-refractivity contribution in [2.75, 3.05) is 28.4 Å². The second kappa shape index (κ2) is 9.69. The van der Waals surface area contributed by atoms with E-state index in [-0.39, 0.29) is 25.0 Å². The molecule has 15 heteroatoms. The van der Waals surface area contributed by atoms with E-state index < -0.39 is 28.0 Å². The number of aryl methyl sites for hydroxylation is 1. The molecular formula is C20H17NO9S5. The van der Waals surface area contributed by atoms with E-state index in [4.69, 9.17) is 18.9 Å². The Balaban J connectivity index is 2.14. The number of esters is 4. The van der Waals surface area contributed by atoms with Crippen LogP contribution in [0.1, 0.15) is 12.6 Å². The quantitative estimate of drug-likeness (QED) is 0.295. The first-order chi connectivity index (χ1) is 16.7. The number of thioether (sulfide) groups is 3. The van der Waals surface area contributed by atoms with E-state index in [9.17, 15) is 24.0 Å². The maximum absolute atomic E-state index is 13.2. The molecule has 10 nitrogen and oxygen atoms in total. The van der Waals surface area contributed by atoms with Gasteiger partial charge in [-0.2, -0.15) is 0 Å². The Morgan fingerprint density at radius 1 is 0.800 bits per heavy atom. The monoisotopic (exact) mass is 575 g/mol. The lowest BCUT2D eigenvalue weighted by atomic mass is 10.1. The van der Waals surface area contributed by atoms with Crippen molar-refractivity contribution in [3.63, 3.8) is 0 Å². The predicted molar refractivity (Wildman–Crippen MR) is 134 cm³/mol. The van der Waals surface area contributed by atoms with E-state index in [0.717, 1.165) is 67.0 Å². The van der Waals surface area contributed by atoms with Crippen molar-refractivity contribution in [2.45, 2.75) is 22.4 Å². The minimum atomic E-state index is -1.55. The fourth-order valence-corrected chi connectivity index (χ4v) is 11.2. The van der Waals surface area contributed by atoms with Crippen molar-refractivity contribution in [2.24, 2.45) is 0 Å². The highest BCUT2D eigenvalue weighted by Gasteiger charge is 2.59. The molecule has 0 fully saturated rings. The number of methoxy groups -OCH3 is 4. The summed E-state index contributed by atoms with van der Waals surface area (Å²) in [6, 6.07) is 0. The van der Waals surface area contributed by atoms with Gasteiger partial charge in [-0.05, 0) is 17.3 Å². The molecule has 1 spiro atoms. The topological polar surface area (TPSA) is 127 Å². The fraction of sp³-hybridized carbons (Fsp3) is 0.350. The van der Waals surface area contributed by atoms with Crippen LogP contribution in [0, 0.1) is 0 Å². The molecule has 0 atom stereocenters. The summed E-state index contributed by atoms with van der Waals surface area (Å²) in [4.78, 5) is 64.7. The van der Waals surface area contributed by atoms with Gasteiger partial charge in [-0.15, -0.1) is 0 Å². The molecule has 0 amide bonds. The van der Waals surface area contributed by atoms with Gasteiger partial charge in [0.05, 0.1) is 49.3 Å². The number of hydrogen-bond acceptors (Lipinski definition) is 14. The number of aromatic nitrogens is 1. The third kappa shape index (κ3) is 3.75. The lowest BCUT2D eigenvalue weighted by Crippen LogP contribution is -2.34. The SMILES string of the molecule is CCn1c2c(c3ssc(=O)c31)SC(C(=O)OC)=C(C(=O)OC)C21SC(C(=O)OC)=C(C(=O)OC)S1. The molecule has 0 radical (unpaired) electrons. The molecule has 0 saturated carbocycles. The summed E-state index contributed by atoms with van der Waals surface area (Å²) in [7, 11) is 6.97. The summed E-state index contributed by atoms with van der Waals surface area (Å²) in [5, 5.41) is 0. The van der Waals surface area contributed by atoms with Gasteiger partial charge in [0, 0.05) is 6.54 Å². The highest BCUT2D eigenvalue weighted by Crippen LogP contribution is 2.69. The van der Waals surface area contributed by atoms with Gasteiger partial charge in [0.1, 0.15) is 24.3 Å². The van der Waals surface area contributed by atoms with Crippen molar-refractivity contribution in [1.82, 2.24) is 4.57 Å². The van der Waals surface area contributed by atoms with Gasteiger partial charge in [0.2, 0.25) is 0 Å². The van der Waals surface area contributed by atoms with Crippen LogP contribution in [-0.2, 0) is 48.7 Å². The van der Waals surface area contributed by atoms with Crippen LogP contribution < -0.4 is 4.74 Å². The molecule has 4 rings (SSSR count). The van der Waals surface area contributed by atoms with E-state index in [1.807, 2.05) is 6.92 Å². The number of carbonyl (C=O) groups is 4. The van der Waals surface area contributed by atoms with Crippen molar-refractivity contribution in [3.8, 4) is 0 Å². The standard InChI is InChI=1S/C20H17NO9S5/c1-6-21-8-10(34-35-19(8)26)11-14(21)20(7(15(22)27-2)9(31-11)16(23)28-3)32-12(17(24)29-4)13(33-20)18(25)30-5/h6H2,1-5H3. The Morgan fingerprint density at radius 3 is 1.80 bits per heavy atom. The predicted octanol–water partition coefficient (Wildman–Crippen LogP) is 3.04. The largest absolute Gasteiger partial charge is 0.466 e. The zero-order valence-corrected chi connectivity index (χ0v) is 23.0. The number of nitrogens with zero attached hydrogens (tertiary/aromatic N) is 1. The number of rotatable bonds is 5.